The van der Waals surface area contributed by atoms with Crippen LogP contribution in [0, 0.1) is 13.8 Å². The average Bonchev–Trinajstić information content (AvgIpc) is 2.32. The van der Waals surface area contributed by atoms with Gasteiger partial charge in [-0.3, -0.25) is 9.78 Å². The molecule has 1 aromatic heterocycles. The number of esters is 1. The van der Waals surface area contributed by atoms with Crippen molar-refractivity contribution in [3.05, 3.63) is 39.5 Å². The Labute approximate surface area is 114 Å². The minimum atomic E-state index is -0.243. The number of pyridine rings is 1. The molecule has 18 heavy (non-hydrogen) atoms. The topological polar surface area (TPSA) is 39.2 Å². The second-order valence-electron chi connectivity index (χ2n) is 4.28. The quantitative estimate of drug-likeness (QED) is 0.799. The van der Waals surface area contributed by atoms with Crippen molar-refractivity contribution in [1.29, 1.82) is 0 Å². The zero-order valence-corrected chi connectivity index (χ0v) is 12.2. The summed E-state index contributed by atoms with van der Waals surface area (Å²) in [6.07, 6.45) is 0.264. The summed E-state index contributed by atoms with van der Waals surface area (Å²) in [6, 6.07) is 6.07. The number of fused-ring (bicyclic) bond motifs is 1. The number of aromatic nitrogens is 1. The lowest BCUT2D eigenvalue weighted by molar-refractivity contribution is -0.139. The molecule has 0 fully saturated rings. The van der Waals surface area contributed by atoms with Crippen molar-refractivity contribution in [3.63, 3.8) is 0 Å². The minimum Gasteiger partial charge on any atom is -0.469 e. The Balaban J connectivity index is 2.53. The second-order valence-corrected chi connectivity index (χ2v) is 5.13. The average molecular weight is 308 g/mol. The summed E-state index contributed by atoms with van der Waals surface area (Å²) < 4.78 is 5.73. The molecular weight excluding hydrogens is 294 g/mol. The normalized spacial score (nSPS) is 10.7. The molecule has 1 aromatic carbocycles. The fourth-order valence-corrected chi connectivity index (χ4v) is 2.19. The molecule has 0 N–H and O–H groups in total. The van der Waals surface area contributed by atoms with Gasteiger partial charge in [0.25, 0.3) is 0 Å². The highest BCUT2D eigenvalue weighted by Gasteiger charge is 2.09. The van der Waals surface area contributed by atoms with Crippen molar-refractivity contribution in [2.24, 2.45) is 0 Å². The van der Waals surface area contributed by atoms with Crippen LogP contribution >= 0.6 is 15.9 Å². The number of methoxy groups -OCH3 is 1. The van der Waals surface area contributed by atoms with Gasteiger partial charge in [0.05, 0.1) is 19.0 Å². The number of ether oxygens (including phenoxy) is 1. The van der Waals surface area contributed by atoms with Gasteiger partial charge in [-0.25, -0.2) is 0 Å². The first-order valence-electron chi connectivity index (χ1n) is 5.64. The maximum Gasteiger partial charge on any atom is 0.310 e. The van der Waals surface area contributed by atoms with Gasteiger partial charge in [0.1, 0.15) is 0 Å². The highest BCUT2D eigenvalue weighted by Crippen LogP contribution is 2.24. The number of nitrogens with zero attached hydrogens (tertiary/aromatic N) is 1. The Bertz CT molecular complexity index is 623. The standard InChI is InChI=1S/C14H14BrNO2/c1-8-4-11-5-10(6-14(17)18-3)9(2)16-13(11)7-12(8)15/h4-5,7H,6H2,1-3H3. The lowest BCUT2D eigenvalue weighted by Crippen LogP contribution is -2.06. The van der Waals surface area contributed by atoms with E-state index >= 15 is 0 Å². The van der Waals surface area contributed by atoms with E-state index in [2.05, 4.69) is 31.7 Å². The van der Waals surface area contributed by atoms with Crippen LogP contribution in [0.2, 0.25) is 0 Å². The van der Waals surface area contributed by atoms with Crippen molar-refractivity contribution >= 4 is 32.8 Å². The Hall–Kier alpha value is -1.42. The molecule has 3 nitrogen and oxygen atoms in total. The van der Waals surface area contributed by atoms with Crippen LogP contribution in [0.15, 0.2) is 22.7 Å². The molecule has 94 valence electrons. The molecule has 0 amide bonds. The van der Waals surface area contributed by atoms with Crippen molar-refractivity contribution in [2.75, 3.05) is 7.11 Å². The lowest BCUT2D eigenvalue weighted by Gasteiger charge is -2.08. The van der Waals surface area contributed by atoms with Gasteiger partial charge >= 0.3 is 5.97 Å². The van der Waals surface area contributed by atoms with E-state index in [1.54, 1.807) is 0 Å². The lowest BCUT2D eigenvalue weighted by atomic mass is 10.1. The van der Waals surface area contributed by atoms with E-state index < -0.39 is 0 Å². The molecule has 4 heteroatoms. The molecule has 0 unspecified atom stereocenters. The van der Waals surface area contributed by atoms with Crippen LogP contribution in [-0.4, -0.2) is 18.1 Å². The SMILES string of the molecule is COC(=O)Cc1cc2cc(C)c(Br)cc2nc1C. The first kappa shape index (κ1) is 13.0. The number of benzene rings is 1. The Morgan fingerprint density at radius 3 is 2.72 bits per heavy atom. The monoisotopic (exact) mass is 307 g/mol. The van der Waals surface area contributed by atoms with E-state index in [4.69, 9.17) is 0 Å². The Kier molecular flexibility index (Phi) is 3.66. The zero-order chi connectivity index (χ0) is 13.3. The van der Waals surface area contributed by atoms with Crippen LogP contribution in [-0.2, 0) is 16.0 Å². The summed E-state index contributed by atoms with van der Waals surface area (Å²) in [7, 11) is 1.40. The van der Waals surface area contributed by atoms with E-state index in [9.17, 15) is 4.79 Å². The van der Waals surface area contributed by atoms with E-state index in [-0.39, 0.29) is 12.4 Å². The Morgan fingerprint density at radius 2 is 2.06 bits per heavy atom. The van der Waals surface area contributed by atoms with Gasteiger partial charge in [0.15, 0.2) is 0 Å². The van der Waals surface area contributed by atoms with Gasteiger partial charge in [-0.1, -0.05) is 15.9 Å². The molecule has 0 aliphatic carbocycles. The summed E-state index contributed by atoms with van der Waals surface area (Å²) in [5.41, 5.74) is 3.86. The number of hydrogen-bond donors (Lipinski definition) is 0. The van der Waals surface area contributed by atoms with Crippen LogP contribution < -0.4 is 0 Å². The Morgan fingerprint density at radius 1 is 1.33 bits per heavy atom. The van der Waals surface area contributed by atoms with Gasteiger partial charge in [-0.15, -0.1) is 0 Å². The largest absolute Gasteiger partial charge is 0.469 e. The minimum absolute atomic E-state index is 0.243. The molecule has 0 aliphatic heterocycles. The molecule has 0 spiro atoms. The highest BCUT2D eigenvalue weighted by molar-refractivity contribution is 9.10. The van der Waals surface area contributed by atoms with E-state index in [0.717, 1.165) is 32.2 Å². The first-order valence-corrected chi connectivity index (χ1v) is 6.43. The first-order chi connectivity index (χ1) is 8.51. The fraction of sp³-hybridized carbons (Fsp3) is 0.286. The van der Waals surface area contributed by atoms with E-state index in [1.165, 1.54) is 7.11 Å². The van der Waals surface area contributed by atoms with Crippen molar-refractivity contribution in [2.45, 2.75) is 20.3 Å². The molecule has 0 saturated heterocycles. The molecule has 2 rings (SSSR count). The molecular formula is C14H14BrNO2. The summed E-state index contributed by atoms with van der Waals surface area (Å²) >= 11 is 3.50. The van der Waals surface area contributed by atoms with Crippen molar-refractivity contribution in [1.82, 2.24) is 4.98 Å². The summed E-state index contributed by atoms with van der Waals surface area (Å²) in [5.74, 6) is -0.243. The van der Waals surface area contributed by atoms with Gasteiger partial charge < -0.3 is 4.74 Å². The maximum absolute atomic E-state index is 11.3. The predicted octanol–water partition coefficient (Wildman–Crippen LogP) is 3.33. The van der Waals surface area contributed by atoms with Crippen LogP contribution in [0.1, 0.15) is 16.8 Å². The molecule has 2 aromatic rings. The molecule has 0 saturated carbocycles. The maximum atomic E-state index is 11.3. The van der Waals surface area contributed by atoms with Gasteiger partial charge in [-0.05, 0) is 43.2 Å². The zero-order valence-electron chi connectivity index (χ0n) is 10.6. The number of rotatable bonds is 2. The third kappa shape index (κ3) is 2.53. The van der Waals surface area contributed by atoms with Crippen LogP contribution in [0.4, 0.5) is 0 Å². The summed E-state index contributed by atoms with van der Waals surface area (Å²) in [4.78, 5) is 15.9. The molecule has 0 aliphatic rings. The smallest absolute Gasteiger partial charge is 0.310 e. The molecule has 0 atom stereocenters. The van der Waals surface area contributed by atoms with Gasteiger partial charge in [0, 0.05) is 15.6 Å². The van der Waals surface area contributed by atoms with Crippen molar-refractivity contribution in [3.8, 4) is 0 Å². The number of carbonyl (C=O) groups excluding carboxylic acids is 1. The van der Waals surface area contributed by atoms with Crippen molar-refractivity contribution < 1.29 is 9.53 Å². The number of halogens is 1. The molecule has 0 radical (unpaired) electrons. The van der Waals surface area contributed by atoms with Gasteiger partial charge in [-0.2, -0.15) is 0 Å². The van der Waals surface area contributed by atoms with Crippen LogP contribution in [0.5, 0.6) is 0 Å². The summed E-state index contributed by atoms with van der Waals surface area (Å²) in [6.45, 7) is 3.94. The fourth-order valence-electron chi connectivity index (χ4n) is 1.86. The molecule has 1 heterocycles. The van der Waals surface area contributed by atoms with Crippen LogP contribution in [0.25, 0.3) is 10.9 Å². The highest BCUT2D eigenvalue weighted by atomic mass is 79.9. The molecule has 0 bridgehead atoms. The third-order valence-corrected chi connectivity index (χ3v) is 3.81. The number of carbonyl (C=O) groups is 1. The summed E-state index contributed by atoms with van der Waals surface area (Å²) in [5, 5.41) is 1.04. The van der Waals surface area contributed by atoms with Gasteiger partial charge in [0.2, 0.25) is 0 Å². The number of aryl methyl sites for hydroxylation is 2. The van der Waals surface area contributed by atoms with E-state index in [0.29, 0.717) is 0 Å². The van der Waals surface area contributed by atoms with Crippen LogP contribution in [0.3, 0.4) is 0 Å². The predicted molar refractivity (Wildman–Crippen MR) is 74.6 cm³/mol. The third-order valence-electron chi connectivity index (χ3n) is 2.95. The number of hydrogen-bond acceptors (Lipinski definition) is 3. The second kappa shape index (κ2) is 5.06. The van der Waals surface area contributed by atoms with E-state index in [1.807, 2.05) is 26.0 Å².